The Kier molecular flexibility index (Phi) is 3.67. The number of rotatable bonds is 3. The lowest BCUT2D eigenvalue weighted by atomic mass is 10.0. The van der Waals surface area contributed by atoms with Gasteiger partial charge in [-0.2, -0.15) is 0 Å². The highest BCUT2D eigenvalue weighted by molar-refractivity contribution is 6.09. The molecule has 3 rings (SSSR count). The third kappa shape index (κ3) is 2.60. The van der Waals surface area contributed by atoms with Crippen molar-refractivity contribution in [3.63, 3.8) is 0 Å². The van der Waals surface area contributed by atoms with Crippen molar-refractivity contribution in [2.24, 2.45) is 5.92 Å². The zero-order valence-electron chi connectivity index (χ0n) is 12.6. The molecule has 0 aromatic heterocycles. The number of fused-ring (bicyclic) bond motifs is 1. The first-order valence-corrected chi connectivity index (χ1v) is 7.37. The Bertz CT molecular complexity index is 791. The van der Waals surface area contributed by atoms with Gasteiger partial charge in [0.05, 0.1) is 0 Å². The average Bonchev–Trinajstić information content (AvgIpc) is 2.88. The molecule has 0 spiro atoms. The third-order valence-electron chi connectivity index (χ3n) is 3.83. The molecule has 0 atom stereocenters. The van der Waals surface area contributed by atoms with Crippen molar-refractivity contribution in [2.45, 2.75) is 13.8 Å². The Morgan fingerprint density at radius 3 is 2.59 bits per heavy atom. The Labute approximate surface area is 129 Å². The van der Waals surface area contributed by atoms with Crippen LogP contribution in [-0.2, 0) is 9.59 Å². The summed E-state index contributed by atoms with van der Waals surface area (Å²) < 4.78 is 0. The maximum Gasteiger partial charge on any atom is 0.268 e. The van der Waals surface area contributed by atoms with Gasteiger partial charge in [-0.15, -0.1) is 0 Å². The Morgan fingerprint density at radius 2 is 1.86 bits per heavy atom. The minimum Gasteiger partial charge on any atom is -0.347 e. The van der Waals surface area contributed by atoms with Gasteiger partial charge in [0.1, 0.15) is 5.70 Å². The van der Waals surface area contributed by atoms with Crippen LogP contribution >= 0.6 is 0 Å². The molecule has 22 heavy (non-hydrogen) atoms. The van der Waals surface area contributed by atoms with Gasteiger partial charge in [0.25, 0.3) is 5.91 Å². The Morgan fingerprint density at radius 1 is 1.14 bits per heavy atom. The zero-order valence-corrected chi connectivity index (χ0v) is 12.6. The van der Waals surface area contributed by atoms with Gasteiger partial charge in [0, 0.05) is 18.0 Å². The SMILES string of the molecule is CC(C)C(=O)NC1=C(c2ccc3ccccc3c2)CNC1=O. The van der Waals surface area contributed by atoms with Crippen LogP contribution < -0.4 is 10.6 Å². The van der Waals surface area contributed by atoms with E-state index in [9.17, 15) is 9.59 Å². The smallest absolute Gasteiger partial charge is 0.268 e. The van der Waals surface area contributed by atoms with Gasteiger partial charge in [-0.3, -0.25) is 9.59 Å². The van der Waals surface area contributed by atoms with Crippen molar-refractivity contribution in [3.8, 4) is 0 Å². The monoisotopic (exact) mass is 294 g/mol. The van der Waals surface area contributed by atoms with Crippen LogP contribution in [0.15, 0.2) is 48.2 Å². The van der Waals surface area contributed by atoms with Crippen molar-refractivity contribution in [1.82, 2.24) is 10.6 Å². The van der Waals surface area contributed by atoms with Crippen molar-refractivity contribution < 1.29 is 9.59 Å². The molecule has 4 heteroatoms. The van der Waals surface area contributed by atoms with E-state index in [2.05, 4.69) is 10.6 Å². The van der Waals surface area contributed by atoms with Gasteiger partial charge in [0.2, 0.25) is 5.91 Å². The van der Waals surface area contributed by atoms with Crippen LogP contribution in [-0.4, -0.2) is 18.4 Å². The maximum atomic E-state index is 12.0. The lowest BCUT2D eigenvalue weighted by Crippen LogP contribution is -2.32. The molecule has 2 N–H and O–H groups in total. The fourth-order valence-electron chi connectivity index (χ4n) is 2.51. The summed E-state index contributed by atoms with van der Waals surface area (Å²) >= 11 is 0. The van der Waals surface area contributed by atoms with Gasteiger partial charge >= 0.3 is 0 Å². The van der Waals surface area contributed by atoms with Crippen molar-refractivity contribution in [1.29, 1.82) is 0 Å². The van der Waals surface area contributed by atoms with Crippen LogP contribution in [0.2, 0.25) is 0 Å². The number of amides is 2. The van der Waals surface area contributed by atoms with Crippen LogP contribution in [0.5, 0.6) is 0 Å². The molecule has 0 aliphatic carbocycles. The van der Waals surface area contributed by atoms with Gasteiger partial charge in [-0.1, -0.05) is 50.2 Å². The minimum atomic E-state index is -0.225. The second-order valence-corrected chi connectivity index (χ2v) is 5.74. The summed E-state index contributed by atoms with van der Waals surface area (Å²) in [5.41, 5.74) is 2.16. The predicted octanol–water partition coefficient (Wildman–Crippen LogP) is 2.45. The summed E-state index contributed by atoms with van der Waals surface area (Å²) in [6, 6.07) is 14.1. The first-order chi connectivity index (χ1) is 10.6. The van der Waals surface area contributed by atoms with Gasteiger partial charge in [-0.05, 0) is 22.4 Å². The van der Waals surface area contributed by atoms with Crippen LogP contribution in [0, 0.1) is 5.92 Å². The molecule has 2 amide bonds. The first-order valence-electron chi connectivity index (χ1n) is 7.37. The molecular formula is C18H18N2O2. The van der Waals surface area contributed by atoms with Crippen LogP contribution in [0.3, 0.4) is 0 Å². The largest absolute Gasteiger partial charge is 0.347 e. The van der Waals surface area contributed by atoms with E-state index in [0.717, 1.165) is 21.9 Å². The highest BCUT2D eigenvalue weighted by atomic mass is 16.2. The molecule has 0 radical (unpaired) electrons. The highest BCUT2D eigenvalue weighted by Gasteiger charge is 2.26. The fourth-order valence-corrected chi connectivity index (χ4v) is 2.51. The van der Waals surface area contributed by atoms with E-state index >= 15 is 0 Å². The molecule has 0 fully saturated rings. The van der Waals surface area contributed by atoms with E-state index in [1.165, 1.54) is 0 Å². The molecule has 4 nitrogen and oxygen atoms in total. The number of nitrogens with one attached hydrogen (secondary N) is 2. The minimum absolute atomic E-state index is 0.148. The van der Waals surface area contributed by atoms with Crippen LogP contribution in [0.4, 0.5) is 0 Å². The molecule has 2 aromatic carbocycles. The highest BCUT2D eigenvalue weighted by Crippen LogP contribution is 2.25. The van der Waals surface area contributed by atoms with E-state index in [4.69, 9.17) is 0 Å². The number of hydrogen-bond donors (Lipinski definition) is 2. The van der Waals surface area contributed by atoms with Gasteiger partial charge < -0.3 is 10.6 Å². The number of carbonyl (C=O) groups is 2. The van der Waals surface area contributed by atoms with Crippen LogP contribution in [0.25, 0.3) is 16.3 Å². The summed E-state index contributed by atoms with van der Waals surface area (Å²) in [6.07, 6.45) is 0. The lowest BCUT2D eigenvalue weighted by molar-refractivity contribution is -0.125. The number of benzene rings is 2. The lowest BCUT2D eigenvalue weighted by Gasteiger charge is -2.10. The third-order valence-corrected chi connectivity index (χ3v) is 3.83. The standard InChI is InChI=1S/C18H18N2O2/c1-11(2)17(21)20-16-15(10-19-18(16)22)14-8-7-12-5-3-4-6-13(12)9-14/h3-9,11H,10H2,1-2H3,(H,19,22)(H,20,21). The Hall–Kier alpha value is -2.62. The van der Waals surface area contributed by atoms with E-state index < -0.39 is 0 Å². The average molecular weight is 294 g/mol. The van der Waals surface area contributed by atoms with E-state index in [0.29, 0.717) is 12.2 Å². The Balaban J connectivity index is 2.03. The quantitative estimate of drug-likeness (QED) is 0.913. The molecule has 0 saturated carbocycles. The first kappa shape index (κ1) is 14.3. The summed E-state index contributed by atoms with van der Waals surface area (Å²) in [5.74, 6) is -0.541. The molecule has 1 aliphatic heterocycles. The molecule has 0 unspecified atom stereocenters. The van der Waals surface area contributed by atoms with E-state index in [1.54, 1.807) is 13.8 Å². The second-order valence-electron chi connectivity index (χ2n) is 5.74. The zero-order chi connectivity index (χ0) is 15.7. The summed E-state index contributed by atoms with van der Waals surface area (Å²) in [6.45, 7) is 4.04. The van der Waals surface area contributed by atoms with Crippen molar-refractivity contribution in [3.05, 3.63) is 53.7 Å². The topological polar surface area (TPSA) is 58.2 Å². The predicted molar refractivity (Wildman–Crippen MR) is 86.9 cm³/mol. The number of hydrogen-bond acceptors (Lipinski definition) is 2. The maximum absolute atomic E-state index is 12.0. The molecule has 0 saturated heterocycles. The van der Waals surface area contributed by atoms with E-state index in [1.807, 2.05) is 42.5 Å². The molecule has 2 aromatic rings. The summed E-state index contributed by atoms with van der Waals surface area (Å²) in [4.78, 5) is 23.9. The second kappa shape index (κ2) is 5.64. The van der Waals surface area contributed by atoms with Crippen molar-refractivity contribution >= 4 is 28.2 Å². The molecule has 1 heterocycles. The molecular weight excluding hydrogens is 276 g/mol. The summed E-state index contributed by atoms with van der Waals surface area (Å²) in [5, 5.41) is 7.80. The van der Waals surface area contributed by atoms with Crippen LogP contribution in [0.1, 0.15) is 19.4 Å². The number of carbonyl (C=O) groups excluding carboxylic acids is 2. The van der Waals surface area contributed by atoms with E-state index in [-0.39, 0.29) is 17.7 Å². The molecule has 0 bridgehead atoms. The van der Waals surface area contributed by atoms with Gasteiger partial charge in [-0.25, -0.2) is 0 Å². The normalized spacial score (nSPS) is 14.6. The molecule has 1 aliphatic rings. The van der Waals surface area contributed by atoms with Gasteiger partial charge in [0.15, 0.2) is 0 Å². The van der Waals surface area contributed by atoms with Crippen molar-refractivity contribution in [2.75, 3.05) is 6.54 Å². The fraction of sp³-hybridized carbons (Fsp3) is 0.222. The molecule has 112 valence electrons. The summed E-state index contributed by atoms with van der Waals surface area (Å²) in [7, 11) is 0.